The molecule has 2 aromatic rings. The molecule has 0 saturated heterocycles. The van der Waals surface area contributed by atoms with Gasteiger partial charge in [-0.05, 0) is 42.5 Å². The van der Waals surface area contributed by atoms with Gasteiger partial charge in [0, 0.05) is 17.5 Å². The maximum atomic E-state index is 13.7. The Labute approximate surface area is 121 Å². The van der Waals surface area contributed by atoms with E-state index in [-0.39, 0.29) is 16.1 Å². The quantitative estimate of drug-likeness (QED) is 0.671. The zero-order chi connectivity index (χ0) is 15.6. The molecule has 1 amide bonds. The Morgan fingerprint density at radius 3 is 2.33 bits per heavy atom. The first-order valence-corrected chi connectivity index (χ1v) is 7.83. The van der Waals surface area contributed by atoms with E-state index in [9.17, 15) is 17.6 Å². The highest BCUT2D eigenvalue weighted by atomic mass is 32.2. The molecular weight excluding hydrogens is 295 g/mol. The average Bonchev–Trinajstić information content (AvgIpc) is 2.40. The van der Waals surface area contributed by atoms with E-state index in [0.29, 0.717) is 5.69 Å². The van der Waals surface area contributed by atoms with Gasteiger partial charge in [-0.1, -0.05) is 0 Å². The fourth-order valence-corrected chi connectivity index (χ4v) is 2.31. The molecular formula is C14H13FN2O3S. The van der Waals surface area contributed by atoms with Crippen LogP contribution in [0.4, 0.5) is 15.8 Å². The predicted octanol–water partition coefficient (Wildman–Crippen LogP) is 2.06. The van der Waals surface area contributed by atoms with Gasteiger partial charge < -0.3 is 11.1 Å². The summed E-state index contributed by atoms with van der Waals surface area (Å²) in [7, 11) is -3.48. The topological polar surface area (TPSA) is 89.3 Å². The van der Waals surface area contributed by atoms with Crippen molar-refractivity contribution in [1.82, 2.24) is 0 Å². The minimum atomic E-state index is -3.48. The molecule has 0 radical (unpaired) electrons. The standard InChI is InChI=1S/C14H13FN2O3S/c1-21(19,20)11-6-7-12(15)13(8-11)17-14(18)9-2-4-10(16)5-3-9/h2-8H,16H2,1H3,(H,17,18). The molecule has 0 aliphatic carbocycles. The van der Waals surface area contributed by atoms with E-state index in [0.717, 1.165) is 24.5 Å². The SMILES string of the molecule is CS(=O)(=O)c1ccc(F)c(NC(=O)c2ccc(N)cc2)c1. The summed E-state index contributed by atoms with van der Waals surface area (Å²) in [6.07, 6.45) is 1.01. The molecule has 3 N–H and O–H groups in total. The zero-order valence-electron chi connectivity index (χ0n) is 11.1. The maximum Gasteiger partial charge on any atom is 0.255 e. The van der Waals surface area contributed by atoms with Crippen LogP contribution < -0.4 is 11.1 Å². The molecule has 2 rings (SSSR count). The molecule has 0 unspecified atom stereocenters. The lowest BCUT2D eigenvalue weighted by Gasteiger charge is -2.08. The zero-order valence-corrected chi connectivity index (χ0v) is 11.9. The number of benzene rings is 2. The van der Waals surface area contributed by atoms with Crippen LogP contribution in [0.5, 0.6) is 0 Å². The molecule has 5 nitrogen and oxygen atoms in total. The Kier molecular flexibility index (Phi) is 3.95. The van der Waals surface area contributed by atoms with E-state index in [4.69, 9.17) is 5.73 Å². The number of halogens is 1. The van der Waals surface area contributed by atoms with Gasteiger partial charge in [0.15, 0.2) is 9.84 Å². The highest BCUT2D eigenvalue weighted by Gasteiger charge is 2.14. The van der Waals surface area contributed by atoms with Crippen molar-refractivity contribution < 1.29 is 17.6 Å². The lowest BCUT2D eigenvalue weighted by atomic mass is 10.2. The molecule has 7 heteroatoms. The number of carbonyl (C=O) groups excluding carboxylic acids is 1. The number of rotatable bonds is 3. The van der Waals surface area contributed by atoms with Gasteiger partial charge in [0.05, 0.1) is 10.6 Å². The number of carbonyl (C=O) groups is 1. The monoisotopic (exact) mass is 308 g/mol. The molecule has 21 heavy (non-hydrogen) atoms. The molecule has 0 bridgehead atoms. The summed E-state index contributed by atoms with van der Waals surface area (Å²) in [4.78, 5) is 11.9. The Balaban J connectivity index is 2.31. The molecule has 0 spiro atoms. The van der Waals surface area contributed by atoms with Crippen molar-refractivity contribution in [2.24, 2.45) is 0 Å². The summed E-state index contributed by atoms with van der Waals surface area (Å²) in [5.74, 6) is -1.27. The minimum absolute atomic E-state index is 0.0727. The number of hydrogen-bond acceptors (Lipinski definition) is 4. The number of sulfone groups is 1. The molecule has 0 aliphatic heterocycles. The third-order valence-electron chi connectivity index (χ3n) is 2.79. The van der Waals surface area contributed by atoms with Crippen LogP contribution in [-0.2, 0) is 9.84 Å². The van der Waals surface area contributed by atoms with E-state index >= 15 is 0 Å². The smallest absolute Gasteiger partial charge is 0.255 e. The van der Waals surface area contributed by atoms with Gasteiger partial charge in [0.25, 0.3) is 5.91 Å². The molecule has 0 saturated carbocycles. The van der Waals surface area contributed by atoms with Gasteiger partial charge in [-0.25, -0.2) is 12.8 Å². The van der Waals surface area contributed by atoms with Crippen molar-refractivity contribution in [3.05, 3.63) is 53.8 Å². The van der Waals surface area contributed by atoms with E-state index in [1.54, 1.807) is 0 Å². The van der Waals surface area contributed by atoms with E-state index in [1.807, 2.05) is 0 Å². The van der Waals surface area contributed by atoms with Gasteiger partial charge in [-0.3, -0.25) is 4.79 Å². The minimum Gasteiger partial charge on any atom is -0.399 e. The van der Waals surface area contributed by atoms with Crippen molar-refractivity contribution >= 4 is 27.1 Å². The third kappa shape index (κ3) is 3.57. The van der Waals surface area contributed by atoms with Crippen molar-refractivity contribution in [2.75, 3.05) is 17.3 Å². The van der Waals surface area contributed by atoms with Gasteiger partial charge in [-0.15, -0.1) is 0 Å². The summed E-state index contributed by atoms with van der Waals surface area (Å²) in [5.41, 5.74) is 6.10. The third-order valence-corrected chi connectivity index (χ3v) is 3.90. The van der Waals surface area contributed by atoms with Crippen LogP contribution in [0.3, 0.4) is 0 Å². The van der Waals surface area contributed by atoms with E-state index in [1.165, 1.54) is 24.3 Å². The number of hydrogen-bond donors (Lipinski definition) is 2. The predicted molar refractivity (Wildman–Crippen MR) is 78.3 cm³/mol. The number of nitrogens with one attached hydrogen (secondary N) is 1. The van der Waals surface area contributed by atoms with Crippen molar-refractivity contribution in [3.63, 3.8) is 0 Å². The van der Waals surface area contributed by atoms with Crippen LogP contribution in [-0.4, -0.2) is 20.6 Å². The van der Waals surface area contributed by atoms with Gasteiger partial charge >= 0.3 is 0 Å². The summed E-state index contributed by atoms with van der Waals surface area (Å²) in [6.45, 7) is 0. The van der Waals surface area contributed by atoms with Crippen LogP contribution in [0.25, 0.3) is 0 Å². The summed E-state index contributed by atoms with van der Waals surface area (Å²) in [6, 6.07) is 9.28. The lowest BCUT2D eigenvalue weighted by molar-refractivity contribution is 0.102. The second-order valence-electron chi connectivity index (χ2n) is 4.49. The number of anilines is 2. The molecule has 0 fully saturated rings. The second-order valence-corrected chi connectivity index (χ2v) is 6.51. The number of amides is 1. The Bertz CT molecular complexity index is 786. The fourth-order valence-electron chi connectivity index (χ4n) is 1.66. The largest absolute Gasteiger partial charge is 0.399 e. The summed E-state index contributed by atoms with van der Waals surface area (Å²) in [5, 5.41) is 2.34. The van der Waals surface area contributed by atoms with Gasteiger partial charge in [-0.2, -0.15) is 0 Å². The van der Waals surface area contributed by atoms with E-state index in [2.05, 4.69) is 5.32 Å². The molecule has 2 aromatic carbocycles. The van der Waals surface area contributed by atoms with Crippen LogP contribution in [0.2, 0.25) is 0 Å². The number of nitrogen functional groups attached to an aromatic ring is 1. The van der Waals surface area contributed by atoms with Crippen molar-refractivity contribution in [1.29, 1.82) is 0 Å². The van der Waals surface area contributed by atoms with Gasteiger partial charge in [0.2, 0.25) is 0 Å². The van der Waals surface area contributed by atoms with Crippen LogP contribution in [0, 0.1) is 5.82 Å². The van der Waals surface area contributed by atoms with Crippen molar-refractivity contribution in [3.8, 4) is 0 Å². The van der Waals surface area contributed by atoms with Crippen LogP contribution in [0.15, 0.2) is 47.4 Å². The van der Waals surface area contributed by atoms with Gasteiger partial charge in [0.1, 0.15) is 5.82 Å². The second kappa shape index (κ2) is 5.53. The summed E-state index contributed by atoms with van der Waals surface area (Å²) >= 11 is 0. The Morgan fingerprint density at radius 2 is 1.76 bits per heavy atom. The average molecular weight is 308 g/mol. The van der Waals surface area contributed by atoms with Crippen LogP contribution >= 0.6 is 0 Å². The Hall–Kier alpha value is -2.41. The number of nitrogens with two attached hydrogens (primary N) is 1. The first kappa shape index (κ1) is 15.0. The summed E-state index contributed by atoms with van der Waals surface area (Å²) < 4.78 is 36.5. The van der Waals surface area contributed by atoms with E-state index < -0.39 is 21.6 Å². The normalized spacial score (nSPS) is 11.1. The molecule has 0 aliphatic rings. The Morgan fingerprint density at radius 1 is 1.14 bits per heavy atom. The highest BCUT2D eigenvalue weighted by Crippen LogP contribution is 2.20. The highest BCUT2D eigenvalue weighted by molar-refractivity contribution is 7.90. The molecule has 0 aromatic heterocycles. The lowest BCUT2D eigenvalue weighted by Crippen LogP contribution is -2.13. The fraction of sp³-hybridized carbons (Fsp3) is 0.0714. The molecule has 110 valence electrons. The first-order chi connectivity index (χ1) is 9.77. The maximum absolute atomic E-state index is 13.7. The molecule has 0 atom stereocenters. The van der Waals surface area contributed by atoms with Crippen molar-refractivity contribution in [2.45, 2.75) is 4.90 Å². The van der Waals surface area contributed by atoms with Crippen LogP contribution in [0.1, 0.15) is 10.4 Å². The molecule has 0 heterocycles. The first-order valence-electron chi connectivity index (χ1n) is 5.94.